The lowest BCUT2D eigenvalue weighted by Crippen LogP contribution is -2.21. The van der Waals surface area contributed by atoms with Crippen molar-refractivity contribution in [2.24, 2.45) is 0 Å². The molecule has 6 heteroatoms. The number of hydrogen-bond donors (Lipinski definition) is 0. The molecule has 0 saturated heterocycles. The van der Waals surface area contributed by atoms with Crippen LogP contribution < -0.4 is 0 Å². The number of sulfone groups is 1. The van der Waals surface area contributed by atoms with Crippen LogP contribution in [0.2, 0.25) is 5.02 Å². The summed E-state index contributed by atoms with van der Waals surface area (Å²) in [6.07, 6.45) is 5.78. The SMILES string of the molecule is N#Cc1ccc(S(=O)(=O)CCOC2CCCCC2)cc1Cl. The molecule has 0 bridgehead atoms. The first-order valence-corrected chi connectivity index (χ1v) is 9.10. The van der Waals surface area contributed by atoms with Gasteiger partial charge in [-0.05, 0) is 31.0 Å². The second-order valence-corrected chi connectivity index (χ2v) is 7.72. The van der Waals surface area contributed by atoms with Crippen molar-refractivity contribution in [2.75, 3.05) is 12.4 Å². The monoisotopic (exact) mass is 327 g/mol. The molecule has 1 aromatic rings. The Hall–Kier alpha value is -1.09. The first kappa shape index (κ1) is 16.3. The third-order valence-electron chi connectivity index (χ3n) is 3.68. The molecule has 0 radical (unpaired) electrons. The van der Waals surface area contributed by atoms with Gasteiger partial charge in [-0.1, -0.05) is 30.9 Å². The minimum absolute atomic E-state index is 0.0638. The molecule has 0 spiro atoms. The van der Waals surface area contributed by atoms with Crippen molar-refractivity contribution in [1.82, 2.24) is 0 Å². The lowest BCUT2D eigenvalue weighted by Gasteiger charge is -2.21. The van der Waals surface area contributed by atoms with Crippen LogP contribution in [-0.4, -0.2) is 26.9 Å². The van der Waals surface area contributed by atoms with Gasteiger partial charge in [0.05, 0.1) is 33.9 Å². The lowest BCUT2D eigenvalue weighted by molar-refractivity contribution is 0.0379. The first-order valence-electron chi connectivity index (χ1n) is 7.07. The number of nitriles is 1. The van der Waals surface area contributed by atoms with Gasteiger partial charge in [0.2, 0.25) is 0 Å². The lowest BCUT2D eigenvalue weighted by atomic mass is 9.98. The molecule has 114 valence electrons. The summed E-state index contributed by atoms with van der Waals surface area (Å²) in [6.45, 7) is 0.199. The fraction of sp³-hybridized carbons (Fsp3) is 0.533. The summed E-state index contributed by atoms with van der Waals surface area (Å²) in [5.74, 6) is -0.0638. The highest BCUT2D eigenvalue weighted by molar-refractivity contribution is 7.91. The maximum atomic E-state index is 12.2. The van der Waals surface area contributed by atoms with Crippen LogP contribution in [-0.2, 0) is 14.6 Å². The Morgan fingerprint density at radius 3 is 2.62 bits per heavy atom. The third-order valence-corrected chi connectivity index (χ3v) is 5.67. The molecule has 1 aliphatic rings. The summed E-state index contributed by atoms with van der Waals surface area (Å²) in [4.78, 5) is 0.138. The molecule has 0 aliphatic heterocycles. The van der Waals surface area contributed by atoms with Gasteiger partial charge < -0.3 is 4.74 Å². The zero-order chi connectivity index (χ0) is 15.3. The number of hydrogen-bond acceptors (Lipinski definition) is 4. The fourth-order valence-electron chi connectivity index (χ4n) is 2.45. The van der Waals surface area contributed by atoms with Crippen LogP contribution in [0.1, 0.15) is 37.7 Å². The molecule has 4 nitrogen and oxygen atoms in total. The number of ether oxygens (including phenoxy) is 1. The van der Waals surface area contributed by atoms with Gasteiger partial charge in [-0.25, -0.2) is 8.42 Å². The molecule has 1 aromatic carbocycles. The Balaban J connectivity index is 1.95. The minimum Gasteiger partial charge on any atom is -0.377 e. The van der Waals surface area contributed by atoms with Gasteiger partial charge in [-0.15, -0.1) is 0 Å². The summed E-state index contributed by atoms with van der Waals surface area (Å²) in [7, 11) is -3.43. The highest BCUT2D eigenvalue weighted by atomic mass is 35.5. The van der Waals surface area contributed by atoms with Crippen molar-refractivity contribution in [3.63, 3.8) is 0 Å². The van der Waals surface area contributed by atoms with Gasteiger partial charge in [-0.2, -0.15) is 5.26 Å². The van der Waals surface area contributed by atoms with Crippen LogP contribution >= 0.6 is 11.6 Å². The second-order valence-electron chi connectivity index (χ2n) is 5.20. The molecule has 0 aromatic heterocycles. The molecule has 1 fully saturated rings. The number of nitrogens with zero attached hydrogens (tertiary/aromatic N) is 1. The zero-order valence-corrected chi connectivity index (χ0v) is 13.3. The van der Waals surface area contributed by atoms with Crippen molar-refractivity contribution in [3.8, 4) is 6.07 Å². The van der Waals surface area contributed by atoms with E-state index in [0.717, 1.165) is 25.7 Å². The maximum absolute atomic E-state index is 12.2. The molecular formula is C15H18ClNO3S. The van der Waals surface area contributed by atoms with E-state index in [2.05, 4.69) is 0 Å². The molecule has 0 N–H and O–H groups in total. The Morgan fingerprint density at radius 1 is 1.29 bits per heavy atom. The smallest absolute Gasteiger partial charge is 0.180 e. The highest BCUT2D eigenvalue weighted by Gasteiger charge is 2.18. The third kappa shape index (κ3) is 4.44. The normalized spacial score (nSPS) is 16.6. The van der Waals surface area contributed by atoms with Crippen molar-refractivity contribution in [3.05, 3.63) is 28.8 Å². The van der Waals surface area contributed by atoms with E-state index in [0.29, 0.717) is 0 Å². The van der Waals surface area contributed by atoms with Crippen LogP contribution in [0, 0.1) is 11.3 Å². The molecule has 0 amide bonds. The molecule has 1 aliphatic carbocycles. The Morgan fingerprint density at radius 2 is 2.00 bits per heavy atom. The van der Waals surface area contributed by atoms with Crippen LogP contribution in [0.5, 0.6) is 0 Å². The van der Waals surface area contributed by atoms with Crippen molar-refractivity contribution < 1.29 is 13.2 Å². The Labute approximate surface area is 130 Å². The van der Waals surface area contributed by atoms with Gasteiger partial charge >= 0.3 is 0 Å². The van der Waals surface area contributed by atoms with Crippen molar-refractivity contribution in [2.45, 2.75) is 43.1 Å². The van der Waals surface area contributed by atoms with Crippen molar-refractivity contribution >= 4 is 21.4 Å². The minimum atomic E-state index is -3.43. The Kier molecular flexibility index (Phi) is 5.63. The van der Waals surface area contributed by atoms with Crippen LogP contribution in [0.4, 0.5) is 0 Å². The van der Waals surface area contributed by atoms with Crippen LogP contribution in [0.3, 0.4) is 0 Å². The highest BCUT2D eigenvalue weighted by Crippen LogP contribution is 2.22. The number of benzene rings is 1. The van der Waals surface area contributed by atoms with E-state index in [1.165, 1.54) is 24.6 Å². The predicted molar refractivity (Wildman–Crippen MR) is 81.0 cm³/mol. The van der Waals surface area contributed by atoms with Crippen molar-refractivity contribution in [1.29, 1.82) is 5.26 Å². The van der Waals surface area contributed by atoms with Gasteiger partial charge in [0.1, 0.15) is 6.07 Å². The van der Waals surface area contributed by atoms with Gasteiger partial charge in [0, 0.05) is 0 Å². The number of halogens is 1. The van der Waals surface area contributed by atoms with E-state index >= 15 is 0 Å². The van der Waals surface area contributed by atoms with Gasteiger partial charge in [0.15, 0.2) is 9.84 Å². The van der Waals surface area contributed by atoms with Crippen LogP contribution in [0.25, 0.3) is 0 Å². The molecule has 21 heavy (non-hydrogen) atoms. The summed E-state index contributed by atoms with van der Waals surface area (Å²) in [5.41, 5.74) is 0.272. The predicted octanol–water partition coefficient (Wildman–Crippen LogP) is 3.33. The van der Waals surface area contributed by atoms with Gasteiger partial charge in [0.25, 0.3) is 0 Å². The van der Waals surface area contributed by atoms with Gasteiger partial charge in [-0.3, -0.25) is 0 Å². The van der Waals surface area contributed by atoms with E-state index in [4.69, 9.17) is 21.6 Å². The summed E-state index contributed by atoms with van der Waals surface area (Å²) in [5, 5.41) is 8.95. The van der Waals surface area contributed by atoms with E-state index in [9.17, 15) is 8.42 Å². The average molecular weight is 328 g/mol. The van der Waals surface area contributed by atoms with E-state index in [1.54, 1.807) is 0 Å². The molecule has 0 unspecified atom stereocenters. The molecule has 2 rings (SSSR count). The maximum Gasteiger partial charge on any atom is 0.180 e. The first-order chi connectivity index (χ1) is 10.0. The summed E-state index contributed by atoms with van der Waals surface area (Å²) in [6, 6.07) is 6.08. The topological polar surface area (TPSA) is 67.2 Å². The molecule has 0 atom stereocenters. The fourth-order valence-corrected chi connectivity index (χ4v) is 3.87. The van der Waals surface area contributed by atoms with E-state index in [-0.39, 0.29) is 33.9 Å². The quantitative estimate of drug-likeness (QED) is 0.831. The summed E-state index contributed by atoms with van der Waals surface area (Å²) < 4.78 is 30.1. The van der Waals surface area contributed by atoms with E-state index < -0.39 is 9.84 Å². The average Bonchev–Trinajstić information content (AvgIpc) is 2.48. The zero-order valence-electron chi connectivity index (χ0n) is 11.7. The van der Waals surface area contributed by atoms with Crippen LogP contribution in [0.15, 0.2) is 23.1 Å². The Bertz CT molecular complexity index is 631. The molecule has 1 saturated carbocycles. The molecular weight excluding hydrogens is 310 g/mol. The second kappa shape index (κ2) is 7.26. The summed E-state index contributed by atoms with van der Waals surface area (Å²) >= 11 is 5.87. The molecule has 0 heterocycles. The largest absolute Gasteiger partial charge is 0.377 e. The number of rotatable bonds is 5. The standard InChI is InChI=1S/C15H18ClNO3S/c16-15-10-14(7-6-12(15)11-17)21(18,19)9-8-20-13-4-2-1-3-5-13/h6-7,10,13H,1-5,8-9H2. The van der Waals surface area contributed by atoms with E-state index in [1.807, 2.05) is 6.07 Å².